The average molecular weight is 307 g/mol. The van der Waals surface area contributed by atoms with E-state index >= 15 is 0 Å². The minimum atomic E-state index is -0.747. The molecule has 0 saturated heterocycles. The topological polar surface area (TPSA) is 92.5 Å². The molecule has 6 nitrogen and oxygen atoms in total. The van der Waals surface area contributed by atoms with Gasteiger partial charge in [0.1, 0.15) is 0 Å². The minimum absolute atomic E-state index is 0.147. The number of nitro groups is 1. The van der Waals surface area contributed by atoms with E-state index in [1.165, 1.54) is 12.1 Å². The Kier molecular flexibility index (Phi) is 4.39. The number of para-hydroxylation sites is 1. The molecule has 0 aliphatic carbocycles. The molecule has 0 saturated carbocycles. The average Bonchev–Trinajstić information content (AvgIpc) is 2.45. The molecule has 2 aromatic carbocycles. The van der Waals surface area contributed by atoms with Crippen LogP contribution in [0.15, 0.2) is 42.5 Å². The first-order valence-electron chi connectivity index (χ1n) is 5.98. The van der Waals surface area contributed by atoms with Gasteiger partial charge in [0, 0.05) is 17.6 Å². The normalized spacial score (nSPS) is 10.1. The SMILES string of the molecule is O=C(NCc1cccc(Cl)c1)c1cccc([N+](=O)[O-])c1O. The van der Waals surface area contributed by atoms with E-state index in [-0.39, 0.29) is 12.1 Å². The summed E-state index contributed by atoms with van der Waals surface area (Å²) in [5.41, 5.74) is 0.123. The summed E-state index contributed by atoms with van der Waals surface area (Å²) in [6, 6.07) is 10.7. The molecule has 2 aromatic rings. The first-order valence-corrected chi connectivity index (χ1v) is 6.36. The van der Waals surface area contributed by atoms with Crippen LogP contribution in [0.5, 0.6) is 5.75 Å². The van der Waals surface area contributed by atoms with E-state index in [4.69, 9.17) is 11.6 Å². The van der Waals surface area contributed by atoms with Crippen LogP contribution in [-0.4, -0.2) is 15.9 Å². The van der Waals surface area contributed by atoms with Gasteiger partial charge in [-0.2, -0.15) is 0 Å². The predicted molar refractivity (Wildman–Crippen MR) is 77.4 cm³/mol. The lowest BCUT2D eigenvalue weighted by atomic mass is 10.1. The highest BCUT2D eigenvalue weighted by Crippen LogP contribution is 2.29. The van der Waals surface area contributed by atoms with Crippen LogP contribution in [0.4, 0.5) is 5.69 Å². The molecule has 1 amide bonds. The number of halogens is 1. The van der Waals surface area contributed by atoms with Gasteiger partial charge in [0.15, 0.2) is 0 Å². The van der Waals surface area contributed by atoms with Crippen molar-refractivity contribution in [2.75, 3.05) is 0 Å². The van der Waals surface area contributed by atoms with Crippen molar-refractivity contribution in [2.24, 2.45) is 0 Å². The van der Waals surface area contributed by atoms with Crippen molar-refractivity contribution in [1.29, 1.82) is 0 Å². The fraction of sp³-hybridized carbons (Fsp3) is 0.0714. The fourth-order valence-corrected chi connectivity index (χ4v) is 2.00. The molecule has 7 heteroatoms. The standard InChI is InChI=1S/C14H11ClN2O4/c15-10-4-1-3-9(7-10)8-16-14(19)11-5-2-6-12(13(11)18)17(20)21/h1-7,18H,8H2,(H,16,19). The molecule has 0 spiro atoms. The van der Waals surface area contributed by atoms with Crippen molar-refractivity contribution in [1.82, 2.24) is 5.32 Å². The zero-order chi connectivity index (χ0) is 15.4. The smallest absolute Gasteiger partial charge is 0.311 e. The molecule has 0 atom stereocenters. The number of nitrogens with one attached hydrogen (secondary N) is 1. The van der Waals surface area contributed by atoms with Gasteiger partial charge in [-0.15, -0.1) is 0 Å². The van der Waals surface area contributed by atoms with Gasteiger partial charge in [0.25, 0.3) is 5.91 Å². The third-order valence-corrected chi connectivity index (χ3v) is 3.03. The number of hydrogen-bond donors (Lipinski definition) is 2. The molecule has 2 N–H and O–H groups in total. The summed E-state index contributed by atoms with van der Waals surface area (Å²) in [5, 5.41) is 23.6. The highest BCUT2D eigenvalue weighted by atomic mass is 35.5. The highest BCUT2D eigenvalue weighted by Gasteiger charge is 2.20. The van der Waals surface area contributed by atoms with Gasteiger partial charge in [-0.3, -0.25) is 14.9 Å². The number of amides is 1. The summed E-state index contributed by atoms with van der Waals surface area (Å²) in [6.45, 7) is 0.196. The largest absolute Gasteiger partial charge is 0.502 e. The molecule has 2 rings (SSSR count). The summed E-state index contributed by atoms with van der Waals surface area (Å²) < 4.78 is 0. The number of phenols is 1. The van der Waals surface area contributed by atoms with Gasteiger partial charge in [-0.05, 0) is 23.8 Å². The van der Waals surface area contributed by atoms with Crippen LogP contribution in [0.2, 0.25) is 5.02 Å². The van der Waals surface area contributed by atoms with Crippen molar-refractivity contribution < 1.29 is 14.8 Å². The second-order valence-corrected chi connectivity index (χ2v) is 4.68. The third kappa shape index (κ3) is 3.49. The number of nitrogens with zero attached hydrogens (tertiary/aromatic N) is 1. The maximum Gasteiger partial charge on any atom is 0.311 e. The summed E-state index contributed by atoms with van der Waals surface area (Å²) in [4.78, 5) is 21.9. The lowest BCUT2D eigenvalue weighted by Gasteiger charge is -2.07. The molecular formula is C14H11ClN2O4. The quantitative estimate of drug-likeness (QED) is 0.671. The van der Waals surface area contributed by atoms with Crippen LogP contribution in [0.25, 0.3) is 0 Å². The van der Waals surface area contributed by atoms with Crippen molar-refractivity contribution in [2.45, 2.75) is 6.54 Å². The molecule has 108 valence electrons. The van der Waals surface area contributed by atoms with Gasteiger partial charge in [0.05, 0.1) is 10.5 Å². The van der Waals surface area contributed by atoms with Crippen molar-refractivity contribution in [3.8, 4) is 5.75 Å². The highest BCUT2D eigenvalue weighted by molar-refractivity contribution is 6.30. The lowest BCUT2D eigenvalue weighted by molar-refractivity contribution is -0.385. The molecular weight excluding hydrogens is 296 g/mol. The zero-order valence-corrected chi connectivity index (χ0v) is 11.5. The molecule has 0 bridgehead atoms. The molecule has 0 radical (unpaired) electrons. The van der Waals surface area contributed by atoms with E-state index in [2.05, 4.69) is 5.32 Å². The number of aromatic hydroxyl groups is 1. The zero-order valence-electron chi connectivity index (χ0n) is 10.7. The monoisotopic (exact) mass is 306 g/mol. The van der Waals surface area contributed by atoms with Gasteiger partial charge in [0.2, 0.25) is 5.75 Å². The fourth-order valence-electron chi connectivity index (χ4n) is 1.79. The molecule has 0 heterocycles. The number of rotatable bonds is 4. The van der Waals surface area contributed by atoms with Crippen LogP contribution in [-0.2, 0) is 6.54 Å². The number of nitro benzene ring substituents is 1. The van der Waals surface area contributed by atoms with Crippen LogP contribution in [0, 0.1) is 10.1 Å². The van der Waals surface area contributed by atoms with Gasteiger partial charge >= 0.3 is 5.69 Å². The Labute approximate surface area is 125 Å². The Morgan fingerprint density at radius 1 is 1.29 bits per heavy atom. The predicted octanol–water partition coefficient (Wildman–Crippen LogP) is 2.88. The second kappa shape index (κ2) is 6.23. The van der Waals surface area contributed by atoms with E-state index in [9.17, 15) is 20.0 Å². The van der Waals surface area contributed by atoms with Crippen LogP contribution in [0.1, 0.15) is 15.9 Å². The van der Waals surface area contributed by atoms with Gasteiger partial charge < -0.3 is 10.4 Å². The maximum atomic E-state index is 12.0. The molecule has 0 fully saturated rings. The van der Waals surface area contributed by atoms with Gasteiger partial charge in [-0.25, -0.2) is 0 Å². The first-order chi connectivity index (χ1) is 9.99. The van der Waals surface area contributed by atoms with Crippen molar-refractivity contribution >= 4 is 23.2 Å². The molecule has 0 aromatic heterocycles. The van der Waals surface area contributed by atoms with Crippen molar-refractivity contribution in [3.05, 3.63) is 68.7 Å². The van der Waals surface area contributed by atoms with E-state index in [0.717, 1.165) is 11.6 Å². The van der Waals surface area contributed by atoms with Gasteiger partial charge in [-0.1, -0.05) is 29.8 Å². The van der Waals surface area contributed by atoms with E-state index < -0.39 is 22.3 Å². The Morgan fingerprint density at radius 3 is 2.67 bits per heavy atom. The number of carbonyl (C=O) groups excluding carboxylic acids is 1. The summed E-state index contributed by atoms with van der Waals surface area (Å²) in [7, 11) is 0. The summed E-state index contributed by atoms with van der Waals surface area (Å²) >= 11 is 5.83. The molecule has 0 unspecified atom stereocenters. The summed E-state index contributed by atoms with van der Waals surface area (Å²) in [5.74, 6) is -1.25. The number of benzene rings is 2. The van der Waals surface area contributed by atoms with E-state index in [1.807, 2.05) is 0 Å². The molecule has 0 aliphatic heterocycles. The van der Waals surface area contributed by atoms with Crippen LogP contribution in [0.3, 0.4) is 0 Å². The molecule has 21 heavy (non-hydrogen) atoms. The maximum absolute atomic E-state index is 12.0. The number of hydrogen-bond acceptors (Lipinski definition) is 4. The Morgan fingerprint density at radius 2 is 2.00 bits per heavy atom. The van der Waals surface area contributed by atoms with E-state index in [0.29, 0.717) is 5.02 Å². The molecule has 0 aliphatic rings. The Bertz CT molecular complexity index is 703. The van der Waals surface area contributed by atoms with Crippen LogP contribution < -0.4 is 5.32 Å². The van der Waals surface area contributed by atoms with E-state index in [1.54, 1.807) is 24.3 Å². The second-order valence-electron chi connectivity index (χ2n) is 4.24. The van der Waals surface area contributed by atoms with Crippen LogP contribution >= 0.6 is 11.6 Å². The minimum Gasteiger partial charge on any atom is -0.502 e. The number of phenolic OH excluding ortho intramolecular Hbond substituents is 1. The Hall–Kier alpha value is -2.60. The van der Waals surface area contributed by atoms with Crippen molar-refractivity contribution in [3.63, 3.8) is 0 Å². The lowest BCUT2D eigenvalue weighted by Crippen LogP contribution is -2.23. The third-order valence-electron chi connectivity index (χ3n) is 2.80. The number of carbonyl (C=O) groups is 1. The Balaban J connectivity index is 2.14. The first kappa shape index (κ1) is 14.8. The summed E-state index contributed by atoms with van der Waals surface area (Å²) in [6.07, 6.45) is 0.